The maximum Gasteiger partial charge on any atom is 0.253 e. The summed E-state index contributed by atoms with van der Waals surface area (Å²) in [6, 6.07) is 5.13. The first-order chi connectivity index (χ1) is 8.08. The summed E-state index contributed by atoms with van der Waals surface area (Å²) in [4.78, 5) is 24.9. The van der Waals surface area contributed by atoms with Crippen LogP contribution in [0.1, 0.15) is 23.2 Å². The molecule has 2 rings (SSSR count). The lowest BCUT2D eigenvalue weighted by Gasteiger charge is -2.26. The van der Waals surface area contributed by atoms with Gasteiger partial charge in [0, 0.05) is 36.0 Å². The molecule has 1 aliphatic rings. The highest BCUT2D eigenvalue weighted by Gasteiger charge is 2.22. The zero-order valence-corrected chi connectivity index (χ0v) is 11.4. The highest BCUT2D eigenvalue weighted by Crippen LogP contribution is 2.24. The van der Waals surface area contributed by atoms with Gasteiger partial charge in [0.25, 0.3) is 5.91 Å². The van der Waals surface area contributed by atoms with Crippen molar-refractivity contribution in [1.82, 2.24) is 4.90 Å². The summed E-state index contributed by atoms with van der Waals surface area (Å²) in [7, 11) is 0. The number of piperidine rings is 1. The van der Waals surface area contributed by atoms with Gasteiger partial charge in [0.15, 0.2) is 0 Å². The number of nitrogens with zero attached hydrogens (tertiary/aromatic N) is 1. The van der Waals surface area contributed by atoms with Crippen LogP contribution in [0, 0.1) is 0 Å². The molecule has 0 aromatic heterocycles. The van der Waals surface area contributed by atoms with Crippen LogP contribution in [0.5, 0.6) is 0 Å². The predicted octanol–water partition coefficient (Wildman–Crippen LogP) is 2.91. The second-order valence-corrected chi connectivity index (χ2v) is 5.22. The number of ketones is 1. The monoisotopic (exact) mass is 315 g/mol. The number of Topliss-reactive ketones (excluding diaryl/α,β-unsaturated/α-hetero) is 1. The van der Waals surface area contributed by atoms with Gasteiger partial charge in [0.05, 0.1) is 5.02 Å². The fourth-order valence-electron chi connectivity index (χ4n) is 1.77. The van der Waals surface area contributed by atoms with E-state index in [9.17, 15) is 9.59 Å². The van der Waals surface area contributed by atoms with Gasteiger partial charge < -0.3 is 4.90 Å². The van der Waals surface area contributed by atoms with Crippen molar-refractivity contribution in [3.8, 4) is 0 Å². The van der Waals surface area contributed by atoms with E-state index in [1.54, 1.807) is 23.1 Å². The Labute approximate surface area is 113 Å². The quantitative estimate of drug-likeness (QED) is 0.799. The Balaban J connectivity index is 2.14. The number of hydrogen-bond acceptors (Lipinski definition) is 2. The van der Waals surface area contributed by atoms with Crippen LogP contribution in [-0.2, 0) is 4.79 Å². The van der Waals surface area contributed by atoms with Gasteiger partial charge in [-0.05, 0) is 34.1 Å². The minimum Gasteiger partial charge on any atom is -0.338 e. The molecule has 0 aliphatic carbocycles. The van der Waals surface area contributed by atoms with Gasteiger partial charge in [-0.2, -0.15) is 0 Å². The van der Waals surface area contributed by atoms with Crippen molar-refractivity contribution in [1.29, 1.82) is 0 Å². The lowest BCUT2D eigenvalue weighted by atomic mass is 10.1. The van der Waals surface area contributed by atoms with Crippen molar-refractivity contribution in [2.75, 3.05) is 13.1 Å². The molecule has 1 aliphatic heterocycles. The minimum atomic E-state index is -0.0631. The molecule has 90 valence electrons. The second kappa shape index (κ2) is 5.19. The second-order valence-electron chi connectivity index (χ2n) is 3.96. The van der Waals surface area contributed by atoms with E-state index in [0.29, 0.717) is 36.5 Å². The highest BCUT2D eigenvalue weighted by atomic mass is 79.9. The number of rotatable bonds is 1. The van der Waals surface area contributed by atoms with Gasteiger partial charge in [-0.3, -0.25) is 9.59 Å². The average molecular weight is 317 g/mol. The molecular weight excluding hydrogens is 305 g/mol. The van der Waals surface area contributed by atoms with Gasteiger partial charge in [-0.25, -0.2) is 0 Å². The summed E-state index contributed by atoms with van der Waals surface area (Å²) in [6.07, 6.45) is 0.909. The smallest absolute Gasteiger partial charge is 0.253 e. The Morgan fingerprint density at radius 3 is 2.53 bits per heavy atom. The number of halogens is 2. The Morgan fingerprint density at radius 1 is 1.29 bits per heavy atom. The molecule has 1 aromatic carbocycles. The first-order valence-electron chi connectivity index (χ1n) is 5.34. The van der Waals surface area contributed by atoms with Crippen molar-refractivity contribution < 1.29 is 9.59 Å². The van der Waals surface area contributed by atoms with Crippen LogP contribution in [0.3, 0.4) is 0 Å². The van der Waals surface area contributed by atoms with Gasteiger partial charge in [0.1, 0.15) is 5.78 Å². The van der Waals surface area contributed by atoms with E-state index in [2.05, 4.69) is 15.9 Å². The van der Waals surface area contributed by atoms with Crippen LogP contribution < -0.4 is 0 Å². The molecule has 17 heavy (non-hydrogen) atoms. The fourth-order valence-corrected chi connectivity index (χ4v) is 2.20. The zero-order valence-electron chi connectivity index (χ0n) is 9.08. The van der Waals surface area contributed by atoms with Crippen molar-refractivity contribution in [2.24, 2.45) is 0 Å². The standard InChI is InChI=1S/C12H11BrClNO2/c13-10-2-1-8(7-11(10)14)12(17)15-5-3-9(16)4-6-15/h1-2,7H,3-6H2. The van der Waals surface area contributed by atoms with E-state index in [1.165, 1.54) is 0 Å². The van der Waals surface area contributed by atoms with Crippen LogP contribution in [0.4, 0.5) is 0 Å². The molecule has 0 N–H and O–H groups in total. The van der Waals surface area contributed by atoms with Crippen LogP contribution >= 0.6 is 27.5 Å². The van der Waals surface area contributed by atoms with Crippen LogP contribution in [0.25, 0.3) is 0 Å². The molecule has 0 spiro atoms. The van der Waals surface area contributed by atoms with Gasteiger partial charge in [-0.15, -0.1) is 0 Å². The SMILES string of the molecule is O=C1CCN(C(=O)c2ccc(Br)c(Cl)c2)CC1. The molecule has 1 aromatic rings. The first kappa shape index (κ1) is 12.6. The Kier molecular flexibility index (Phi) is 3.84. The molecule has 0 atom stereocenters. The molecule has 1 heterocycles. The van der Waals surface area contributed by atoms with Gasteiger partial charge in [0.2, 0.25) is 0 Å². The Bertz CT molecular complexity index is 466. The molecule has 0 saturated carbocycles. The summed E-state index contributed by atoms with van der Waals surface area (Å²) in [6.45, 7) is 1.01. The minimum absolute atomic E-state index is 0.0631. The number of amides is 1. The number of carbonyl (C=O) groups is 2. The molecule has 3 nitrogen and oxygen atoms in total. The number of hydrogen-bond donors (Lipinski definition) is 0. The van der Waals surface area contributed by atoms with Crippen LogP contribution in [-0.4, -0.2) is 29.7 Å². The van der Waals surface area contributed by atoms with E-state index in [-0.39, 0.29) is 11.7 Å². The maximum absolute atomic E-state index is 12.1. The third-order valence-corrected chi connectivity index (χ3v) is 4.01. The summed E-state index contributed by atoms with van der Waals surface area (Å²) >= 11 is 9.23. The van der Waals surface area contributed by atoms with Crippen molar-refractivity contribution in [3.05, 3.63) is 33.3 Å². The largest absolute Gasteiger partial charge is 0.338 e. The van der Waals surface area contributed by atoms with E-state index < -0.39 is 0 Å². The van der Waals surface area contributed by atoms with E-state index in [4.69, 9.17) is 11.6 Å². The van der Waals surface area contributed by atoms with Crippen LogP contribution in [0.2, 0.25) is 5.02 Å². The summed E-state index contributed by atoms with van der Waals surface area (Å²) in [5, 5.41) is 0.518. The summed E-state index contributed by atoms with van der Waals surface area (Å²) in [5.41, 5.74) is 0.563. The first-order valence-corrected chi connectivity index (χ1v) is 6.51. The lowest BCUT2D eigenvalue weighted by molar-refractivity contribution is -0.120. The maximum atomic E-state index is 12.1. The van der Waals surface area contributed by atoms with Gasteiger partial charge >= 0.3 is 0 Å². The third-order valence-electron chi connectivity index (χ3n) is 2.77. The summed E-state index contributed by atoms with van der Waals surface area (Å²) < 4.78 is 0.768. The normalized spacial score (nSPS) is 16.1. The Hall–Kier alpha value is -0.870. The molecule has 5 heteroatoms. The third kappa shape index (κ3) is 2.87. The molecular formula is C12H11BrClNO2. The summed E-state index contributed by atoms with van der Waals surface area (Å²) in [5.74, 6) is 0.162. The fraction of sp³-hybridized carbons (Fsp3) is 0.333. The van der Waals surface area contributed by atoms with Gasteiger partial charge in [-0.1, -0.05) is 11.6 Å². The average Bonchev–Trinajstić information content (AvgIpc) is 2.33. The lowest BCUT2D eigenvalue weighted by Crippen LogP contribution is -2.38. The van der Waals surface area contributed by atoms with Crippen molar-refractivity contribution in [3.63, 3.8) is 0 Å². The predicted molar refractivity (Wildman–Crippen MR) is 69.3 cm³/mol. The molecule has 1 saturated heterocycles. The number of benzene rings is 1. The van der Waals surface area contributed by atoms with Crippen molar-refractivity contribution >= 4 is 39.2 Å². The zero-order chi connectivity index (χ0) is 12.4. The molecule has 1 fully saturated rings. The van der Waals surface area contributed by atoms with Crippen LogP contribution in [0.15, 0.2) is 22.7 Å². The van der Waals surface area contributed by atoms with Crippen molar-refractivity contribution in [2.45, 2.75) is 12.8 Å². The highest BCUT2D eigenvalue weighted by molar-refractivity contribution is 9.10. The molecule has 0 bridgehead atoms. The topological polar surface area (TPSA) is 37.4 Å². The Morgan fingerprint density at radius 2 is 1.94 bits per heavy atom. The molecule has 1 amide bonds. The molecule has 0 radical (unpaired) electrons. The molecule has 0 unspecified atom stereocenters. The van der Waals surface area contributed by atoms with E-state index >= 15 is 0 Å². The number of carbonyl (C=O) groups excluding carboxylic acids is 2. The number of likely N-dealkylation sites (tertiary alicyclic amines) is 1. The van der Waals surface area contributed by atoms with E-state index in [0.717, 1.165) is 4.47 Å². The van der Waals surface area contributed by atoms with E-state index in [1.807, 2.05) is 0 Å².